The summed E-state index contributed by atoms with van der Waals surface area (Å²) >= 11 is 0. The van der Waals surface area contributed by atoms with E-state index in [1.807, 2.05) is 0 Å². The molecular weight excluding hydrogens is 240 g/mol. The van der Waals surface area contributed by atoms with Gasteiger partial charge in [0.25, 0.3) is 0 Å². The zero-order valence-electron chi connectivity index (χ0n) is 13.3. The Morgan fingerprint density at radius 2 is 2.15 bits per heavy atom. The second-order valence-electron chi connectivity index (χ2n) is 5.92. The summed E-state index contributed by atoms with van der Waals surface area (Å²) < 4.78 is 0. The van der Waals surface area contributed by atoms with E-state index in [-0.39, 0.29) is 0 Å². The van der Waals surface area contributed by atoms with Crippen molar-refractivity contribution >= 4 is 5.57 Å². The van der Waals surface area contributed by atoms with Crippen LogP contribution in [-0.2, 0) is 0 Å². The highest BCUT2D eigenvalue weighted by molar-refractivity contribution is 5.81. The summed E-state index contributed by atoms with van der Waals surface area (Å²) in [4.78, 5) is 0. The van der Waals surface area contributed by atoms with Crippen molar-refractivity contribution in [3.63, 3.8) is 0 Å². The van der Waals surface area contributed by atoms with Gasteiger partial charge in [-0.25, -0.2) is 0 Å². The van der Waals surface area contributed by atoms with Crippen molar-refractivity contribution < 1.29 is 0 Å². The van der Waals surface area contributed by atoms with E-state index in [0.717, 1.165) is 6.42 Å². The first-order chi connectivity index (χ1) is 9.56. The number of fused-ring (bicyclic) bond motifs is 1. The minimum absolute atomic E-state index is 0.665. The molecule has 2 rings (SSSR count). The molecule has 1 aliphatic rings. The maximum absolute atomic E-state index is 4.39. The van der Waals surface area contributed by atoms with Gasteiger partial charge in [0.15, 0.2) is 0 Å². The Bertz CT molecular complexity index is 570. The van der Waals surface area contributed by atoms with Crippen molar-refractivity contribution in [2.75, 3.05) is 0 Å². The molecule has 0 saturated heterocycles. The average Bonchev–Trinajstić information content (AvgIpc) is 2.57. The molecule has 0 bridgehead atoms. The van der Waals surface area contributed by atoms with Crippen LogP contribution in [0.1, 0.15) is 62.6 Å². The van der Waals surface area contributed by atoms with Gasteiger partial charge in [-0.3, -0.25) is 0 Å². The molecule has 0 N–H and O–H groups in total. The molecule has 20 heavy (non-hydrogen) atoms. The Kier molecular flexibility index (Phi) is 4.65. The first-order valence-corrected chi connectivity index (χ1v) is 7.70. The molecule has 0 radical (unpaired) electrons. The molecule has 1 aromatic rings. The topological polar surface area (TPSA) is 0 Å². The lowest BCUT2D eigenvalue weighted by Gasteiger charge is -2.16. The molecule has 0 amide bonds. The van der Waals surface area contributed by atoms with Gasteiger partial charge in [-0.05, 0) is 68.2 Å². The molecule has 0 heteroatoms. The monoisotopic (exact) mass is 266 g/mol. The fourth-order valence-corrected chi connectivity index (χ4v) is 3.05. The third-order valence-corrected chi connectivity index (χ3v) is 4.47. The lowest BCUT2D eigenvalue weighted by atomic mass is 9.88. The summed E-state index contributed by atoms with van der Waals surface area (Å²) in [5, 5.41) is 0. The van der Waals surface area contributed by atoms with Gasteiger partial charge >= 0.3 is 0 Å². The van der Waals surface area contributed by atoms with Crippen LogP contribution in [0.3, 0.4) is 0 Å². The molecule has 0 fully saturated rings. The lowest BCUT2D eigenvalue weighted by Crippen LogP contribution is -1.98. The van der Waals surface area contributed by atoms with Crippen molar-refractivity contribution in [1.82, 2.24) is 0 Å². The van der Waals surface area contributed by atoms with Gasteiger partial charge in [0.2, 0.25) is 0 Å². The van der Waals surface area contributed by atoms with E-state index in [1.165, 1.54) is 46.3 Å². The fourth-order valence-electron chi connectivity index (χ4n) is 3.05. The molecular formula is C20H26. The zero-order valence-corrected chi connectivity index (χ0v) is 13.3. The van der Waals surface area contributed by atoms with E-state index in [4.69, 9.17) is 0 Å². The number of allylic oxidation sites excluding steroid dienone is 5. The van der Waals surface area contributed by atoms with E-state index in [0.29, 0.717) is 5.92 Å². The van der Waals surface area contributed by atoms with Crippen LogP contribution in [0, 0.1) is 6.92 Å². The molecule has 1 aromatic carbocycles. The Labute approximate surface area is 123 Å². The van der Waals surface area contributed by atoms with Crippen LogP contribution >= 0.6 is 0 Å². The standard InChI is InChI=1S/C20H26/c1-6-14(3)12-18-10-9-17(7-2)20-13-15(4)8-11-19(20)16(18)5/h6,8,11-13,17H,5,7,9-10H2,1-4H3. The summed E-state index contributed by atoms with van der Waals surface area (Å²) in [6.45, 7) is 13.1. The molecule has 0 saturated carbocycles. The van der Waals surface area contributed by atoms with Crippen LogP contribution in [0.15, 0.2) is 48.1 Å². The Morgan fingerprint density at radius 1 is 1.40 bits per heavy atom. The highest BCUT2D eigenvalue weighted by atomic mass is 14.3. The van der Waals surface area contributed by atoms with Crippen molar-refractivity contribution in [3.8, 4) is 0 Å². The second kappa shape index (κ2) is 6.26. The minimum Gasteiger partial charge on any atom is -0.0909 e. The minimum atomic E-state index is 0.665. The Morgan fingerprint density at radius 3 is 2.80 bits per heavy atom. The van der Waals surface area contributed by atoms with E-state index in [9.17, 15) is 0 Å². The third kappa shape index (κ3) is 2.95. The van der Waals surface area contributed by atoms with E-state index < -0.39 is 0 Å². The molecule has 0 spiro atoms. The first-order valence-electron chi connectivity index (χ1n) is 7.70. The van der Waals surface area contributed by atoms with Crippen molar-refractivity contribution in [2.24, 2.45) is 0 Å². The van der Waals surface area contributed by atoms with E-state index in [1.54, 1.807) is 0 Å². The number of benzene rings is 1. The number of hydrogen-bond acceptors (Lipinski definition) is 0. The molecule has 0 aliphatic heterocycles. The fraction of sp³-hybridized carbons (Fsp3) is 0.400. The van der Waals surface area contributed by atoms with Crippen molar-refractivity contribution in [2.45, 2.75) is 52.9 Å². The van der Waals surface area contributed by atoms with E-state index in [2.05, 4.69) is 64.6 Å². The van der Waals surface area contributed by atoms with Crippen LogP contribution in [-0.4, -0.2) is 0 Å². The van der Waals surface area contributed by atoms with Gasteiger partial charge in [-0.15, -0.1) is 0 Å². The summed E-state index contributed by atoms with van der Waals surface area (Å²) in [7, 11) is 0. The van der Waals surface area contributed by atoms with Gasteiger partial charge in [0, 0.05) is 0 Å². The van der Waals surface area contributed by atoms with Crippen molar-refractivity contribution in [1.29, 1.82) is 0 Å². The SMILES string of the molecule is C=C1C(=CC(C)=CC)CCC(CC)c2cc(C)ccc21. The number of aryl methyl sites for hydroxylation is 1. The molecule has 1 unspecified atom stereocenters. The summed E-state index contributed by atoms with van der Waals surface area (Å²) in [5.74, 6) is 0.665. The Balaban J connectivity index is 2.52. The molecule has 0 heterocycles. The lowest BCUT2D eigenvalue weighted by molar-refractivity contribution is 0.613. The highest BCUT2D eigenvalue weighted by Gasteiger charge is 2.21. The Hall–Kier alpha value is -1.56. The van der Waals surface area contributed by atoms with Crippen LogP contribution in [0.4, 0.5) is 0 Å². The van der Waals surface area contributed by atoms with Crippen LogP contribution < -0.4 is 0 Å². The predicted octanol–water partition coefficient (Wildman–Crippen LogP) is 6.19. The first kappa shape index (κ1) is 14.8. The van der Waals surface area contributed by atoms with Crippen LogP contribution in [0.2, 0.25) is 0 Å². The average molecular weight is 266 g/mol. The highest BCUT2D eigenvalue weighted by Crippen LogP contribution is 2.40. The van der Waals surface area contributed by atoms with Crippen molar-refractivity contribution in [3.05, 3.63) is 64.8 Å². The molecule has 0 nitrogen and oxygen atoms in total. The maximum atomic E-state index is 4.39. The number of hydrogen-bond donors (Lipinski definition) is 0. The number of rotatable bonds is 2. The van der Waals surface area contributed by atoms with Gasteiger partial charge in [-0.2, -0.15) is 0 Å². The quantitative estimate of drug-likeness (QED) is 0.560. The molecule has 1 aliphatic carbocycles. The van der Waals surface area contributed by atoms with Gasteiger partial charge < -0.3 is 0 Å². The molecule has 1 atom stereocenters. The molecule has 106 valence electrons. The van der Waals surface area contributed by atoms with Gasteiger partial charge in [0.1, 0.15) is 0 Å². The van der Waals surface area contributed by atoms with Gasteiger partial charge in [-0.1, -0.05) is 55.0 Å². The third-order valence-electron chi connectivity index (χ3n) is 4.47. The predicted molar refractivity (Wildman–Crippen MR) is 90.0 cm³/mol. The van der Waals surface area contributed by atoms with Crippen LogP contribution in [0.5, 0.6) is 0 Å². The summed E-state index contributed by atoms with van der Waals surface area (Å²) in [6, 6.07) is 6.84. The smallest absolute Gasteiger partial charge is 0.0152 e. The molecule has 0 aromatic heterocycles. The van der Waals surface area contributed by atoms with Gasteiger partial charge in [0.05, 0.1) is 0 Å². The zero-order chi connectivity index (χ0) is 14.7. The summed E-state index contributed by atoms with van der Waals surface area (Å²) in [5.41, 5.74) is 8.16. The van der Waals surface area contributed by atoms with E-state index >= 15 is 0 Å². The maximum Gasteiger partial charge on any atom is -0.0152 e. The second-order valence-corrected chi connectivity index (χ2v) is 5.92. The summed E-state index contributed by atoms with van der Waals surface area (Å²) in [6.07, 6.45) is 8.05. The van der Waals surface area contributed by atoms with Crippen LogP contribution in [0.25, 0.3) is 5.57 Å². The largest absolute Gasteiger partial charge is 0.0909 e. The normalized spacial score (nSPS) is 21.8.